The van der Waals surface area contributed by atoms with Crippen LogP contribution in [-0.2, 0) is 15.1 Å². The average molecular weight is 280 g/mol. The minimum atomic E-state index is -1.09. The van der Waals surface area contributed by atoms with Crippen molar-refractivity contribution in [2.24, 2.45) is 0 Å². The smallest absolute Gasteiger partial charge is 0.256 e. The van der Waals surface area contributed by atoms with Crippen LogP contribution < -0.4 is 5.32 Å². The number of amides is 2. The molecule has 3 rings (SSSR count). The lowest BCUT2D eigenvalue weighted by Gasteiger charge is -2.35. The second-order valence-corrected chi connectivity index (χ2v) is 5.05. The number of hydrogen-bond donors (Lipinski definition) is 1. The Morgan fingerprint density at radius 2 is 1.48 bits per heavy atom. The van der Waals surface area contributed by atoms with E-state index in [9.17, 15) is 9.59 Å². The van der Waals surface area contributed by atoms with Gasteiger partial charge in [-0.15, -0.1) is 0 Å². The van der Waals surface area contributed by atoms with E-state index < -0.39 is 5.54 Å². The van der Waals surface area contributed by atoms with Crippen molar-refractivity contribution < 1.29 is 9.59 Å². The Kier molecular flexibility index (Phi) is 3.22. The molecule has 2 aromatic rings. The Balaban J connectivity index is 2.30. The van der Waals surface area contributed by atoms with Crippen molar-refractivity contribution in [3.63, 3.8) is 0 Å². The maximum Gasteiger partial charge on any atom is 0.256 e. The second-order valence-electron chi connectivity index (χ2n) is 5.05. The molecule has 0 unspecified atom stereocenters. The summed E-state index contributed by atoms with van der Waals surface area (Å²) >= 11 is 0. The predicted molar refractivity (Wildman–Crippen MR) is 79.2 cm³/mol. The molecular weight excluding hydrogens is 264 g/mol. The third-order valence-electron chi connectivity index (χ3n) is 3.89. The highest BCUT2D eigenvalue weighted by Gasteiger charge is 2.52. The van der Waals surface area contributed by atoms with Crippen molar-refractivity contribution in [3.05, 3.63) is 71.8 Å². The molecule has 1 N–H and O–H groups in total. The summed E-state index contributed by atoms with van der Waals surface area (Å²) in [6.45, 7) is 1.71. The van der Waals surface area contributed by atoms with Crippen LogP contribution in [0.4, 0.5) is 0 Å². The second kappa shape index (κ2) is 5.05. The van der Waals surface area contributed by atoms with E-state index >= 15 is 0 Å². The molecule has 4 nitrogen and oxygen atoms in total. The van der Waals surface area contributed by atoms with E-state index in [-0.39, 0.29) is 18.5 Å². The molecule has 0 aliphatic carbocycles. The van der Waals surface area contributed by atoms with E-state index in [1.54, 1.807) is 4.90 Å². The van der Waals surface area contributed by atoms with Gasteiger partial charge in [-0.1, -0.05) is 60.7 Å². The van der Waals surface area contributed by atoms with E-state index in [1.165, 1.54) is 6.92 Å². The molecule has 0 bridgehead atoms. The molecule has 106 valence electrons. The zero-order chi connectivity index (χ0) is 14.9. The first-order chi connectivity index (χ1) is 10.2. The fraction of sp³-hybridized carbons (Fsp3) is 0.176. The summed E-state index contributed by atoms with van der Waals surface area (Å²) in [5.74, 6) is -0.309. The number of nitrogens with one attached hydrogen (secondary N) is 1. The lowest BCUT2D eigenvalue weighted by molar-refractivity contribution is -0.137. The Morgan fingerprint density at radius 1 is 1.00 bits per heavy atom. The van der Waals surface area contributed by atoms with Gasteiger partial charge in [-0.2, -0.15) is 0 Å². The quantitative estimate of drug-likeness (QED) is 0.913. The monoisotopic (exact) mass is 280 g/mol. The Hall–Kier alpha value is -2.62. The van der Waals surface area contributed by atoms with Gasteiger partial charge in [0, 0.05) is 6.92 Å². The van der Waals surface area contributed by atoms with Crippen molar-refractivity contribution >= 4 is 11.8 Å². The molecule has 0 spiro atoms. The number of hydrogen-bond acceptors (Lipinski definition) is 2. The van der Waals surface area contributed by atoms with Crippen molar-refractivity contribution in [2.75, 3.05) is 6.67 Å². The molecule has 0 aromatic heterocycles. The van der Waals surface area contributed by atoms with Gasteiger partial charge in [0.1, 0.15) is 0 Å². The van der Waals surface area contributed by atoms with Crippen LogP contribution >= 0.6 is 0 Å². The maximum atomic E-state index is 12.7. The third kappa shape index (κ3) is 1.91. The largest absolute Gasteiger partial charge is 0.336 e. The van der Waals surface area contributed by atoms with Gasteiger partial charge >= 0.3 is 0 Å². The zero-order valence-electron chi connectivity index (χ0n) is 11.7. The SMILES string of the molecule is CC(=O)N1CNC(=O)C1(c1ccccc1)c1ccccc1. The molecule has 4 heteroatoms. The Labute approximate surface area is 123 Å². The normalized spacial score (nSPS) is 16.6. The zero-order valence-corrected chi connectivity index (χ0v) is 11.7. The first-order valence-corrected chi connectivity index (χ1v) is 6.85. The lowest BCUT2D eigenvalue weighted by Crippen LogP contribution is -2.49. The van der Waals surface area contributed by atoms with Crippen LogP contribution in [0.25, 0.3) is 0 Å². The van der Waals surface area contributed by atoms with Crippen LogP contribution in [0, 0.1) is 0 Å². The summed E-state index contributed by atoms with van der Waals surface area (Å²) in [5, 5.41) is 2.80. The van der Waals surface area contributed by atoms with Crippen LogP contribution in [0.5, 0.6) is 0 Å². The molecule has 0 atom stereocenters. The Bertz CT molecular complexity index is 628. The third-order valence-corrected chi connectivity index (χ3v) is 3.89. The number of carbonyl (C=O) groups is 2. The number of carbonyl (C=O) groups excluding carboxylic acids is 2. The highest BCUT2D eigenvalue weighted by molar-refractivity contribution is 5.98. The summed E-state index contributed by atoms with van der Waals surface area (Å²) in [6.07, 6.45) is 0. The van der Waals surface area contributed by atoms with E-state index in [0.717, 1.165) is 11.1 Å². The van der Waals surface area contributed by atoms with Gasteiger partial charge in [-0.25, -0.2) is 0 Å². The van der Waals surface area contributed by atoms with E-state index in [1.807, 2.05) is 60.7 Å². The van der Waals surface area contributed by atoms with Crippen molar-refractivity contribution in [1.82, 2.24) is 10.2 Å². The minimum Gasteiger partial charge on any atom is -0.336 e. The summed E-state index contributed by atoms with van der Waals surface area (Å²) in [5.41, 5.74) is 0.497. The average Bonchev–Trinajstić information content (AvgIpc) is 2.87. The molecule has 1 fully saturated rings. The van der Waals surface area contributed by atoms with Crippen LogP contribution in [0.2, 0.25) is 0 Å². The summed E-state index contributed by atoms with van der Waals surface area (Å²) in [7, 11) is 0. The topological polar surface area (TPSA) is 49.4 Å². The van der Waals surface area contributed by atoms with Crippen LogP contribution in [0.1, 0.15) is 18.1 Å². The van der Waals surface area contributed by atoms with Gasteiger partial charge < -0.3 is 10.2 Å². The van der Waals surface area contributed by atoms with Gasteiger partial charge in [0.25, 0.3) is 5.91 Å². The molecule has 1 aliphatic heterocycles. The van der Waals surface area contributed by atoms with Gasteiger partial charge in [0.05, 0.1) is 6.67 Å². The number of nitrogens with zero attached hydrogens (tertiary/aromatic N) is 1. The van der Waals surface area contributed by atoms with Crippen molar-refractivity contribution in [2.45, 2.75) is 12.5 Å². The van der Waals surface area contributed by atoms with E-state index in [2.05, 4.69) is 5.32 Å². The van der Waals surface area contributed by atoms with Crippen molar-refractivity contribution in [3.8, 4) is 0 Å². The van der Waals surface area contributed by atoms with E-state index in [0.29, 0.717) is 0 Å². The fourth-order valence-electron chi connectivity index (χ4n) is 2.97. The summed E-state index contributed by atoms with van der Waals surface area (Å²) in [6, 6.07) is 18.8. The lowest BCUT2D eigenvalue weighted by atomic mass is 9.81. The van der Waals surface area contributed by atoms with Crippen LogP contribution in [0.3, 0.4) is 0 Å². The molecule has 1 aliphatic rings. The maximum absolute atomic E-state index is 12.7. The first-order valence-electron chi connectivity index (χ1n) is 6.85. The molecule has 1 saturated heterocycles. The molecule has 2 aromatic carbocycles. The number of benzene rings is 2. The van der Waals surface area contributed by atoms with Gasteiger partial charge in [0.15, 0.2) is 5.54 Å². The van der Waals surface area contributed by atoms with Gasteiger partial charge in [-0.05, 0) is 11.1 Å². The van der Waals surface area contributed by atoms with E-state index in [4.69, 9.17) is 0 Å². The van der Waals surface area contributed by atoms with Crippen LogP contribution in [0.15, 0.2) is 60.7 Å². The molecule has 0 radical (unpaired) electrons. The standard InChI is InChI=1S/C17H16N2O2/c1-13(20)19-12-18-16(21)17(19,14-8-4-2-5-9-14)15-10-6-3-7-11-15/h2-11H,12H2,1H3,(H,18,21). The number of rotatable bonds is 2. The Morgan fingerprint density at radius 3 is 1.90 bits per heavy atom. The van der Waals surface area contributed by atoms with Gasteiger partial charge in [0.2, 0.25) is 5.91 Å². The molecule has 0 saturated carbocycles. The molecule has 2 amide bonds. The highest BCUT2D eigenvalue weighted by Crippen LogP contribution is 2.38. The van der Waals surface area contributed by atoms with Crippen molar-refractivity contribution in [1.29, 1.82) is 0 Å². The summed E-state index contributed by atoms with van der Waals surface area (Å²) in [4.78, 5) is 26.4. The van der Waals surface area contributed by atoms with Crippen LogP contribution in [-0.4, -0.2) is 23.4 Å². The molecular formula is C17H16N2O2. The molecule has 21 heavy (non-hydrogen) atoms. The highest BCUT2D eigenvalue weighted by atomic mass is 16.2. The minimum absolute atomic E-state index is 0.138. The molecule has 1 heterocycles. The summed E-state index contributed by atoms with van der Waals surface area (Å²) < 4.78 is 0. The van der Waals surface area contributed by atoms with Gasteiger partial charge in [-0.3, -0.25) is 9.59 Å². The first kappa shape index (κ1) is 13.4. The fourth-order valence-corrected chi connectivity index (χ4v) is 2.97. The predicted octanol–water partition coefficient (Wildman–Crippen LogP) is 1.87.